The van der Waals surface area contributed by atoms with E-state index in [0.717, 1.165) is 18.8 Å². The number of nitrogens with zero attached hydrogens (tertiary/aromatic N) is 1. The molecule has 0 radical (unpaired) electrons. The standard InChI is InChI=1S/C13H22N2/c1-5-8-14-9-11-6-7-12(15-10-11)13(2,3)4/h6-7,10,14H,5,8-9H2,1-4H3. The van der Waals surface area contributed by atoms with E-state index < -0.39 is 0 Å². The van der Waals surface area contributed by atoms with E-state index in [9.17, 15) is 0 Å². The van der Waals surface area contributed by atoms with Gasteiger partial charge in [0, 0.05) is 23.9 Å². The lowest BCUT2D eigenvalue weighted by atomic mass is 9.91. The van der Waals surface area contributed by atoms with Crippen LogP contribution < -0.4 is 5.32 Å². The monoisotopic (exact) mass is 206 g/mol. The van der Waals surface area contributed by atoms with E-state index in [4.69, 9.17) is 0 Å². The third kappa shape index (κ3) is 4.00. The summed E-state index contributed by atoms with van der Waals surface area (Å²) >= 11 is 0. The summed E-state index contributed by atoms with van der Waals surface area (Å²) in [5.41, 5.74) is 2.56. The van der Waals surface area contributed by atoms with Crippen molar-refractivity contribution in [3.8, 4) is 0 Å². The molecule has 0 unspecified atom stereocenters. The van der Waals surface area contributed by atoms with Crippen LogP contribution in [-0.2, 0) is 12.0 Å². The molecule has 15 heavy (non-hydrogen) atoms. The molecule has 0 amide bonds. The van der Waals surface area contributed by atoms with Gasteiger partial charge in [-0.05, 0) is 24.6 Å². The van der Waals surface area contributed by atoms with Gasteiger partial charge in [0.15, 0.2) is 0 Å². The second-order valence-corrected chi connectivity index (χ2v) is 4.98. The molecule has 1 aromatic heterocycles. The Balaban J connectivity index is 2.57. The summed E-state index contributed by atoms with van der Waals surface area (Å²) in [6, 6.07) is 4.29. The van der Waals surface area contributed by atoms with Gasteiger partial charge in [-0.15, -0.1) is 0 Å². The van der Waals surface area contributed by atoms with Crippen LogP contribution in [0.3, 0.4) is 0 Å². The van der Waals surface area contributed by atoms with Gasteiger partial charge < -0.3 is 5.32 Å². The van der Waals surface area contributed by atoms with Gasteiger partial charge in [0.1, 0.15) is 0 Å². The van der Waals surface area contributed by atoms with Gasteiger partial charge in [0.05, 0.1) is 0 Å². The lowest BCUT2D eigenvalue weighted by Crippen LogP contribution is -2.16. The fraction of sp³-hybridized carbons (Fsp3) is 0.615. The Morgan fingerprint density at radius 2 is 2.00 bits per heavy atom. The number of hydrogen-bond donors (Lipinski definition) is 1. The largest absolute Gasteiger partial charge is 0.313 e. The maximum absolute atomic E-state index is 4.49. The molecule has 0 aliphatic carbocycles. The van der Waals surface area contributed by atoms with Crippen molar-refractivity contribution in [1.29, 1.82) is 0 Å². The van der Waals surface area contributed by atoms with E-state index in [0.29, 0.717) is 0 Å². The van der Waals surface area contributed by atoms with E-state index in [2.05, 4.69) is 50.1 Å². The molecular formula is C13H22N2. The minimum atomic E-state index is 0.148. The van der Waals surface area contributed by atoms with E-state index in [1.807, 2.05) is 6.20 Å². The maximum atomic E-state index is 4.49. The van der Waals surface area contributed by atoms with Crippen LogP contribution in [0.2, 0.25) is 0 Å². The Morgan fingerprint density at radius 1 is 1.27 bits per heavy atom. The summed E-state index contributed by atoms with van der Waals surface area (Å²) in [6.45, 7) is 10.7. The first kappa shape index (κ1) is 12.2. The van der Waals surface area contributed by atoms with Crippen LogP contribution in [0.5, 0.6) is 0 Å². The van der Waals surface area contributed by atoms with Crippen LogP contribution >= 0.6 is 0 Å². The highest BCUT2D eigenvalue weighted by atomic mass is 14.8. The Labute approximate surface area is 93.1 Å². The molecule has 0 bridgehead atoms. The molecule has 0 fully saturated rings. The van der Waals surface area contributed by atoms with Gasteiger partial charge in [-0.25, -0.2) is 0 Å². The Hall–Kier alpha value is -0.890. The molecular weight excluding hydrogens is 184 g/mol. The molecule has 1 heterocycles. The molecule has 84 valence electrons. The zero-order valence-electron chi connectivity index (χ0n) is 10.3. The summed E-state index contributed by atoms with van der Waals surface area (Å²) in [5.74, 6) is 0. The highest BCUT2D eigenvalue weighted by Gasteiger charge is 2.14. The summed E-state index contributed by atoms with van der Waals surface area (Å²) in [7, 11) is 0. The van der Waals surface area contributed by atoms with Crippen molar-refractivity contribution in [2.45, 2.75) is 46.1 Å². The number of nitrogens with one attached hydrogen (secondary N) is 1. The third-order valence-corrected chi connectivity index (χ3v) is 2.35. The smallest absolute Gasteiger partial charge is 0.0457 e. The fourth-order valence-electron chi connectivity index (χ4n) is 1.38. The molecule has 2 heteroatoms. The molecule has 2 nitrogen and oxygen atoms in total. The van der Waals surface area contributed by atoms with Crippen LogP contribution in [-0.4, -0.2) is 11.5 Å². The molecule has 0 aromatic carbocycles. The van der Waals surface area contributed by atoms with Crippen molar-refractivity contribution in [3.63, 3.8) is 0 Å². The first-order valence-corrected chi connectivity index (χ1v) is 5.70. The number of aromatic nitrogens is 1. The maximum Gasteiger partial charge on any atom is 0.0457 e. The highest BCUT2D eigenvalue weighted by molar-refractivity contribution is 5.18. The summed E-state index contributed by atoms with van der Waals surface area (Å²) in [4.78, 5) is 4.49. The van der Waals surface area contributed by atoms with E-state index >= 15 is 0 Å². The van der Waals surface area contributed by atoms with Gasteiger partial charge in [-0.2, -0.15) is 0 Å². The minimum Gasteiger partial charge on any atom is -0.313 e. The van der Waals surface area contributed by atoms with Crippen molar-refractivity contribution >= 4 is 0 Å². The molecule has 1 N–H and O–H groups in total. The molecule has 0 aliphatic rings. The lowest BCUT2D eigenvalue weighted by Gasteiger charge is -2.17. The molecule has 1 aromatic rings. The molecule has 0 saturated carbocycles. The Bertz CT molecular complexity index is 282. The van der Waals surface area contributed by atoms with Crippen LogP contribution in [0, 0.1) is 0 Å². The summed E-state index contributed by atoms with van der Waals surface area (Å²) in [5, 5.41) is 3.37. The first-order chi connectivity index (χ1) is 7.04. The molecule has 0 aliphatic heterocycles. The van der Waals surface area contributed by atoms with Crippen LogP contribution in [0.1, 0.15) is 45.4 Å². The minimum absolute atomic E-state index is 0.148. The van der Waals surface area contributed by atoms with Gasteiger partial charge in [0.25, 0.3) is 0 Å². The van der Waals surface area contributed by atoms with Crippen molar-refractivity contribution in [2.75, 3.05) is 6.54 Å². The second kappa shape index (κ2) is 5.26. The Morgan fingerprint density at radius 3 is 2.47 bits per heavy atom. The predicted octanol–water partition coefficient (Wildman–Crippen LogP) is 2.88. The molecule has 1 rings (SSSR count). The van der Waals surface area contributed by atoms with Crippen molar-refractivity contribution in [3.05, 3.63) is 29.6 Å². The second-order valence-electron chi connectivity index (χ2n) is 4.98. The summed E-state index contributed by atoms with van der Waals surface area (Å²) < 4.78 is 0. The number of pyridine rings is 1. The highest BCUT2D eigenvalue weighted by Crippen LogP contribution is 2.19. The lowest BCUT2D eigenvalue weighted by molar-refractivity contribution is 0.567. The van der Waals surface area contributed by atoms with Crippen molar-refractivity contribution in [2.24, 2.45) is 0 Å². The van der Waals surface area contributed by atoms with Crippen molar-refractivity contribution in [1.82, 2.24) is 10.3 Å². The first-order valence-electron chi connectivity index (χ1n) is 5.70. The van der Waals surface area contributed by atoms with E-state index in [1.165, 1.54) is 12.0 Å². The topological polar surface area (TPSA) is 24.9 Å². The zero-order valence-corrected chi connectivity index (χ0v) is 10.3. The summed E-state index contributed by atoms with van der Waals surface area (Å²) in [6.07, 6.45) is 3.15. The normalized spacial score (nSPS) is 11.7. The van der Waals surface area contributed by atoms with Gasteiger partial charge in [-0.1, -0.05) is 33.8 Å². The average Bonchev–Trinajstić information content (AvgIpc) is 2.18. The average molecular weight is 206 g/mol. The SMILES string of the molecule is CCCNCc1ccc(C(C)(C)C)nc1. The predicted molar refractivity (Wildman–Crippen MR) is 64.9 cm³/mol. The quantitative estimate of drug-likeness (QED) is 0.766. The third-order valence-electron chi connectivity index (χ3n) is 2.35. The van der Waals surface area contributed by atoms with Crippen LogP contribution in [0.25, 0.3) is 0 Å². The zero-order chi connectivity index (χ0) is 11.3. The van der Waals surface area contributed by atoms with Crippen LogP contribution in [0.4, 0.5) is 0 Å². The fourth-order valence-corrected chi connectivity index (χ4v) is 1.38. The van der Waals surface area contributed by atoms with Gasteiger partial charge in [0.2, 0.25) is 0 Å². The number of rotatable bonds is 4. The van der Waals surface area contributed by atoms with E-state index in [1.54, 1.807) is 0 Å². The van der Waals surface area contributed by atoms with Gasteiger partial charge in [-0.3, -0.25) is 4.98 Å². The Kier molecular flexibility index (Phi) is 4.28. The van der Waals surface area contributed by atoms with Crippen molar-refractivity contribution < 1.29 is 0 Å². The molecule has 0 atom stereocenters. The number of hydrogen-bond acceptors (Lipinski definition) is 2. The molecule has 0 saturated heterocycles. The van der Waals surface area contributed by atoms with Gasteiger partial charge >= 0.3 is 0 Å². The van der Waals surface area contributed by atoms with Crippen LogP contribution in [0.15, 0.2) is 18.3 Å². The molecule has 0 spiro atoms. The van der Waals surface area contributed by atoms with E-state index in [-0.39, 0.29) is 5.41 Å².